The Morgan fingerprint density at radius 1 is 1.62 bits per heavy atom. The molecule has 0 spiro atoms. The third-order valence-electron chi connectivity index (χ3n) is 1.19. The first-order valence-corrected chi connectivity index (χ1v) is 4.07. The average molecular weight is 204 g/mol. The van der Waals surface area contributed by atoms with Crippen molar-refractivity contribution in [1.82, 2.24) is 20.3 Å². The summed E-state index contributed by atoms with van der Waals surface area (Å²) in [6.45, 7) is 3.65. The van der Waals surface area contributed by atoms with E-state index in [4.69, 9.17) is 17.3 Å². The Bertz CT molecular complexity index is 301. The molecule has 0 aliphatic rings. The number of hydrogen-bond donors (Lipinski definition) is 2. The van der Waals surface area contributed by atoms with Crippen molar-refractivity contribution in [2.24, 2.45) is 0 Å². The van der Waals surface area contributed by atoms with Gasteiger partial charge in [-0.1, -0.05) is 16.4 Å². The molecule has 0 saturated carbocycles. The van der Waals surface area contributed by atoms with Crippen molar-refractivity contribution < 1.29 is 4.79 Å². The van der Waals surface area contributed by atoms with E-state index in [0.29, 0.717) is 0 Å². The second-order valence-corrected chi connectivity index (χ2v) is 3.13. The van der Waals surface area contributed by atoms with Crippen LogP contribution in [0.25, 0.3) is 0 Å². The summed E-state index contributed by atoms with van der Waals surface area (Å²) in [5.74, 6) is 0.0422. The van der Waals surface area contributed by atoms with Gasteiger partial charge in [0.2, 0.25) is 0 Å². The summed E-state index contributed by atoms with van der Waals surface area (Å²) in [7, 11) is 0. The Balaban J connectivity index is 2.77. The lowest BCUT2D eigenvalue weighted by atomic mass is 10.4. The van der Waals surface area contributed by atoms with E-state index in [0.717, 1.165) is 4.80 Å². The van der Waals surface area contributed by atoms with Crippen molar-refractivity contribution in [2.45, 2.75) is 19.9 Å². The fourth-order valence-corrected chi connectivity index (χ4v) is 0.805. The fourth-order valence-electron chi connectivity index (χ4n) is 0.696. The third kappa shape index (κ3) is 2.32. The summed E-state index contributed by atoms with van der Waals surface area (Å²) in [6.07, 6.45) is 0. The number of amides is 1. The highest BCUT2D eigenvalue weighted by Gasteiger charge is 2.11. The SMILES string of the molecule is CC(C)NC(=O)n1nc(N)c(Cl)n1. The molecule has 1 heterocycles. The standard InChI is InChI=1S/C6H10ClN5O/c1-3(2)9-6(13)12-10-4(7)5(8)11-12/h3H,1-2H3,(H2,8,11)(H,9,13). The molecule has 0 radical (unpaired) electrons. The first-order valence-electron chi connectivity index (χ1n) is 3.70. The lowest BCUT2D eigenvalue weighted by Crippen LogP contribution is -2.35. The van der Waals surface area contributed by atoms with Gasteiger partial charge in [0.25, 0.3) is 0 Å². The molecular formula is C6H10ClN5O. The molecular weight excluding hydrogens is 194 g/mol. The molecule has 0 aliphatic carbocycles. The molecule has 0 bridgehead atoms. The number of halogens is 1. The molecule has 0 unspecified atom stereocenters. The summed E-state index contributed by atoms with van der Waals surface area (Å²) >= 11 is 5.51. The van der Waals surface area contributed by atoms with Gasteiger partial charge in [0.15, 0.2) is 11.0 Å². The Labute approximate surface area is 80.0 Å². The van der Waals surface area contributed by atoms with Crippen LogP contribution >= 0.6 is 11.6 Å². The molecule has 7 heteroatoms. The molecule has 72 valence electrons. The van der Waals surface area contributed by atoms with Crippen molar-refractivity contribution in [3.05, 3.63) is 5.15 Å². The maximum absolute atomic E-state index is 11.2. The number of carbonyl (C=O) groups excluding carboxylic acids is 1. The second-order valence-electron chi connectivity index (χ2n) is 2.77. The number of aromatic nitrogens is 3. The summed E-state index contributed by atoms with van der Waals surface area (Å²) in [5, 5.41) is 9.81. The lowest BCUT2D eigenvalue weighted by Gasteiger charge is -2.05. The molecule has 6 nitrogen and oxygen atoms in total. The first-order chi connectivity index (χ1) is 6.00. The van der Waals surface area contributed by atoms with E-state index in [1.165, 1.54) is 0 Å². The summed E-state index contributed by atoms with van der Waals surface area (Å²) in [5.41, 5.74) is 5.30. The van der Waals surface area contributed by atoms with E-state index < -0.39 is 6.03 Å². The zero-order chi connectivity index (χ0) is 10.0. The molecule has 1 amide bonds. The van der Waals surface area contributed by atoms with Crippen molar-refractivity contribution in [3.63, 3.8) is 0 Å². The van der Waals surface area contributed by atoms with Crippen LogP contribution in [0, 0.1) is 0 Å². The van der Waals surface area contributed by atoms with Crippen LogP contribution in [0.1, 0.15) is 13.8 Å². The lowest BCUT2D eigenvalue weighted by molar-refractivity contribution is 0.233. The van der Waals surface area contributed by atoms with Gasteiger partial charge in [-0.25, -0.2) is 4.79 Å². The topological polar surface area (TPSA) is 85.8 Å². The average Bonchev–Trinajstić information content (AvgIpc) is 2.31. The minimum Gasteiger partial charge on any atom is -0.380 e. The van der Waals surface area contributed by atoms with Crippen molar-refractivity contribution in [2.75, 3.05) is 5.73 Å². The minimum atomic E-state index is -0.450. The van der Waals surface area contributed by atoms with Crippen LogP contribution in [0.15, 0.2) is 0 Å². The van der Waals surface area contributed by atoms with Gasteiger partial charge in [-0.15, -0.1) is 10.2 Å². The zero-order valence-electron chi connectivity index (χ0n) is 7.28. The van der Waals surface area contributed by atoms with Gasteiger partial charge >= 0.3 is 6.03 Å². The number of nitrogens with two attached hydrogens (primary N) is 1. The van der Waals surface area contributed by atoms with Crippen LogP contribution < -0.4 is 11.1 Å². The molecule has 0 aliphatic heterocycles. The van der Waals surface area contributed by atoms with Crippen molar-refractivity contribution in [3.8, 4) is 0 Å². The molecule has 13 heavy (non-hydrogen) atoms. The van der Waals surface area contributed by atoms with Crippen LogP contribution in [0.2, 0.25) is 5.15 Å². The normalized spacial score (nSPS) is 10.5. The van der Waals surface area contributed by atoms with Gasteiger partial charge in [-0.05, 0) is 13.8 Å². The van der Waals surface area contributed by atoms with E-state index in [-0.39, 0.29) is 17.0 Å². The van der Waals surface area contributed by atoms with Crippen LogP contribution in [0.3, 0.4) is 0 Å². The predicted molar refractivity (Wildman–Crippen MR) is 48.5 cm³/mol. The van der Waals surface area contributed by atoms with Gasteiger partial charge in [0, 0.05) is 6.04 Å². The van der Waals surface area contributed by atoms with E-state index >= 15 is 0 Å². The molecule has 1 aromatic rings. The van der Waals surface area contributed by atoms with E-state index in [1.807, 2.05) is 13.8 Å². The molecule has 0 fully saturated rings. The molecule has 1 aromatic heterocycles. The second kappa shape index (κ2) is 3.61. The molecule has 0 atom stereocenters. The molecule has 0 saturated heterocycles. The Hall–Kier alpha value is -1.30. The summed E-state index contributed by atoms with van der Waals surface area (Å²) in [6, 6.07) is -0.438. The Morgan fingerprint density at radius 2 is 2.23 bits per heavy atom. The number of rotatable bonds is 1. The van der Waals surface area contributed by atoms with Crippen LogP contribution in [-0.4, -0.2) is 27.1 Å². The highest BCUT2D eigenvalue weighted by molar-refractivity contribution is 6.31. The smallest absolute Gasteiger partial charge is 0.359 e. The largest absolute Gasteiger partial charge is 0.380 e. The van der Waals surface area contributed by atoms with Gasteiger partial charge < -0.3 is 11.1 Å². The van der Waals surface area contributed by atoms with Gasteiger partial charge in [0.05, 0.1) is 0 Å². The van der Waals surface area contributed by atoms with Crippen molar-refractivity contribution in [1.29, 1.82) is 0 Å². The van der Waals surface area contributed by atoms with Gasteiger partial charge in [-0.3, -0.25) is 0 Å². The van der Waals surface area contributed by atoms with E-state index in [9.17, 15) is 4.79 Å². The Morgan fingerprint density at radius 3 is 2.62 bits per heavy atom. The van der Waals surface area contributed by atoms with E-state index in [2.05, 4.69) is 15.5 Å². The van der Waals surface area contributed by atoms with E-state index in [1.54, 1.807) is 0 Å². The highest BCUT2D eigenvalue weighted by Crippen LogP contribution is 2.10. The maximum Gasteiger partial charge on any atom is 0.359 e. The summed E-state index contributed by atoms with van der Waals surface area (Å²) < 4.78 is 0. The fraction of sp³-hybridized carbons (Fsp3) is 0.500. The van der Waals surface area contributed by atoms with Gasteiger partial charge in [-0.2, -0.15) is 0 Å². The maximum atomic E-state index is 11.2. The minimum absolute atomic E-state index is 0.0125. The van der Waals surface area contributed by atoms with Gasteiger partial charge in [0.1, 0.15) is 0 Å². The first kappa shape index (κ1) is 9.79. The Kier molecular flexibility index (Phi) is 2.72. The number of anilines is 1. The zero-order valence-corrected chi connectivity index (χ0v) is 8.04. The van der Waals surface area contributed by atoms with Crippen LogP contribution in [0.4, 0.5) is 10.6 Å². The number of carbonyl (C=O) groups is 1. The number of hydrogen-bond acceptors (Lipinski definition) is 4. The highest BCUT2D eigenvalue weighted by atomic mass is 35.5. The third-order valence-corrected chi connectivity index (χ3v) is 1.46. The molecule has 1 rings (SSSR count). The number of nitrogens with one attached hydrogen (secondary N) is 1. The van der Waals surface area contributed by atoms with Crippen LogP contribution in [-0.2, 0) is 0 Å². The quantitative estimate of drug-likeness (QED) is 0.695. The number of nitrogens with zero attached hydrogens (tertiary/aromatic N) is 3. The monoisotopic (exact) mass is 203 g/mol. The van der Waals surface area contributed by atoms with Crippen molar-refractivity contribution >= 4 is 23.4 Å². The summed E-state index contributed by atoms with van der Waals surface area (Å²) in [4.78, 5) is 12.1. The number of nitrogen functional groups attached to an aromatic ring is 1. The predicted octanol–water partition coefficient (Wildman–Crippen LogP) is 0.480. The molecule has 0 aromatic carbocycles. The van der Waals surface area contributed by atoms with Crippen LogP contribution in [0.5, 0.6) is 0 Å². The molecule has 3 N–H and O–H groups in total.